The molecule has 0 fully saturated rings. The number of aliphatic imine (C=N–C) groups is 1. The lowest BCUT2D eigenvalue weighted by Gasteiger charge is -2.11. The van der Waals surface area contributed by atoms with Crippen LogP contribution in [-0.2, 0) is 9.47 Å². The van der Waals surface area contributed by atoms with Crippen molar-refractivity contribution in [3.05, 3.63) is 30.3 Å². The van der Waals surface area contributed by atoms with Gasteiger partial charge in [-0.25, -0.2) is 0 Å². The van der Waals surface area contributed by atoms with Crippen LogP contribution in [0.15, 0.2) is 40.2 Å². The van der Waals surface area contributed by atoms with Crippen LogP contribution in [0, 0.1) is 0 Å². The molecule has 1 rings (SSSR count). The van der Waals surface area contributed by atoms with Gasteiger partial charge in [0.15, 0.2) is 5.96 Å². The number of nitrogens with one attached hydrogen (secondary N) is 2. The number of hydrogen-bond acceptors (Lipinski definition) is 4. The van der Waals surface area contributed by atoms with E-state index in [1.807, 2.05) is 17.8 Å². The van der Waals surface area contributed by atoms with Crippen LogP contribution in [0.3, 0.4) is 0 Å². The number of halogens is 1. The molecule has 1 aromatic carbocycles. The number of guanidine groups is 1. The SMILES string of the molecule is CN=C(NCCCOCCOC)NCCCSc1ccccc1.I. The van der Waals surface area contributed by atoms with Crippen LogP contribution >= 0.6 is 35.7 Å². The van der Waals surface area contributed by atoms with E-state index in [-0.39, 0.29) is 24.0 Å². The third kappa shape index (κ3) is 12.9. The molecular weight excluding hydrogens is 437 g/mol. The second-order valence-corrected chi connectivity index (χ2v) is 6.07. The van der Waals surface area contributed by atoms with E-state index in [1.54, 1.807) is 14.2 Å². The Morgan fingerprint density at radius 1 is 1.04 bits per heavy atom. The van der Waals surface area contributed by atoms with Crippen molar-refractivity contribution in [2.45, 2.75) is 17.7 Å². The van der Waals surface area contributed by atoms with Gasteiger partial charge in [0.1, 0.15) is 0 Å². The maximum atomic E-state index is 5.42. The highest BCUT2D eigenvalue weighted by atomic mass is 127. The Balaban J connectivity index is 0.00000529. The van der Waals surface area contributed by atoms with Crippen molar-refractivity contribution in [1.82, 2.24) is 10.6 Å². The van der Waals surface area contributed by atoms with Crippen LogP contribution in [0.25, 0.3) is 0 Å². The van der Waals surface area contributed by atoms with Crippen LogP contribution in [0.5, 0.6) is 0 Å². The Hall–Kier alpha value is -0.510. The molecule has 24 heavy (non-hydrogen) atoms. The van der Waals surface area contributed by atoms with Gasteiger partial charge in [-0.2, -0.15) is 0 Å². The van der Waals surface area contributed by atoms with Gasteiger partial charge >= 0.3 is 0 Å². The Kier molecular flexibility index (Phi) is 16.9. The predicted molar refractivity (Wildman–Crippen MR) is 114 cm³/mol. The minimum atomic E-state index is 0. The second kappa shape index (κ2) is 17.3. The molecule has 0 saturated heterocycles. The smallest absolute Gasteiger partial charge is 0.190 e. The van der Waals surface area contributed by atoms with Gasteiger partial charge in [0, 0.05) is 38.7 Å². The number of thioether (sulfide) groups is 1. The molecule has 5 nitrogen and oxygen atoms in total. The molecule has 2 N–H and O–H groups in total. The molecule has 0 radical (unpaired) electrons. The molecule has 0 aliphatic rings. The molecular formula is C17H30IN3O2S. The Morgan fingerprint density at radius 3 is 2.42 bits per heavy atom. The number of rotatable bonds is 12. The van der Waals surface area contributed by atoms with E-state index in [0.717, 1.165) is 44.3 Å². The first kappa shape index (κ1) is 23.5. The van der Waals surface area contributed by atoms with Gasteiger partial charge in [0.2, 0.25) is 0 Å². The molecule has 0 amide bonds. The minimum Gasteiger partial charge on any atom is -0.382 e. The largest absolute Gasteiger partial charge is 0.382 e. The Morgan fingerprint density at radius 2 is 1.75 bits per heavy atom. The number of ether oxygens (including phenoxy) is 2. The van der Waals surface area contributed by atoms with Gasteiger partial charge in [0.25, 0.3) is 0 Å². The first-order valence-electron chi connectivity index (χ1n) is 8.06. The first-order chi connectivity index (χ1) is 11.4. The van der Waals surface area contributed by atoms with E-state index < -0.39 is 0 Å². The zero-order valence-corrected chi connectivity index (χ0v) is 17.8. The predicted octanol–water partition coefficient (Wildman–Crippen LogP) is 3.00. The fourth-order valence-corrected chi connectivity index (χ4v) is 2.71. The topological polar surface area (TPSA) is 54.9 Å². The summed E-state index contributed by atoms with van der Waals surface area (Å²) in [4.78, 5) is 5.54. The molecule has 0 aliphatic heterocycles. The Labute approximate surface area is 167 Å². The van der Waals surface area contributed by atoms with Gasteiger partial charge in [-0.1, -0.05) is 18.2 Å². The van der Waals surface area contributed by atoms with Crippen molar-refractivity contribution in [3.63, 3.8) is 0 Å². The maximum absolute atomic E-state index is 5.42. The van der Waals surface area contributed by atoms with Gasteiger partial charge in [0.05, 0.1) is 13.2 Å². The van der Waals surface area contributed by atoms with Crippen LogP contribution < -0.4 is 10.6 Å². The standard InChI is InChI=1S/C17H29N3O2S.HI/c1-18-17(19-10-6-12-22-14-13-21-2)20-11-7-15-23-16-8-4-3-5-9-16;/h3-5,8-9H,6-7,10-15H2,1-2H3,(H2,18,19,20);1H. The molecule has 0 saturated carbocycles. The molecule has 0 spiro atoms. The molecule has 0 heterocycles. The quantitative estimate of drug-likeness (QED) is 0.163. The molecule has 7 heteroatoms. The summed E-state index contributed by atoms with van der Waals surface area (Å²) in [5.41, 5.74) is 0. The summed E-state index contributed by atoms with van der Waals surface area (Å²) in [5.74, 6) is 1.95. The number of benzene rings is 1. The summed E-state index contributed by atoms with van der Waals surface area (Å²) in [5, 5.41) is 6.62. The lowest BCUT2D eigenvalue weighted by molar-refractivity contribution is 0.0698. The maximum Gasteiger partial charge on any atom is 0.190 e. The van der Waals surface area contributed by atoms with Crippen molar-refractivity contribution in [2.24, 2.45) is 4.99 Å². The van der Waals surface area contributed by atoms with Gasteiger partial charge in [-0.15, -0.1) is 35.7 Å². The van der Waals surface area contributed by atoms with Crippen molar-refractivity contribution in [1.29, 1.82) is 0 Å². The summed E-state index contributed by atoms with van der Waals surface area (Å²) in [6, 6.07) is 10.5. The number of nitrogens with zero attached hydrogens (tertiary/aromatic N) is 1. The first-order valence-corrected chi connectivity index (χ1v) is 9.04. The van der Waals surface area contributed by atoms with Crippen molar-refractivity contribution in [2.75, 3.05) is 52.8 Å². The number of hydrogen-bond donors (Lipinski definition) is 2. The Bertz CT molecular complexity index is 422. The molecule has 0 aliphatic carbocycles. The molecule has 0 bridgehead atoms. The lowest BCUT2D eigenvalue weighted by Crippen LogP contribution is -2.38. The second-order valence-electron chi connectivity index (χ2n) is 4.90. The summed E-state index contributed by atoms with van der Waals surface area (Å²) in [6.07, 6.45) is 2.05. The molecule has 0 atom stereocenters. The van der Waals surface area contributed by atoms with E-state index in [9.17, 15) is 0 Å². The summed E-state index contributed by atoms with van der Waals surface area (Å²) < 4.78 is 10.3. The molecule has 1 aromatic rings. The van der Waals surface area contributed by atoms with E-state index in [0.29, 0.717) is 13.2 Å². The molecule has 0 unspecified atom stereocenters. The fourth-order valence-electron chi connectivity index (χ4n) is 1.83. The van der Waals surface area contributed by atoms with Crippen LogP contribution in [0.2, 0.25) is 0 Å². The highest BCUT2D eigenvalue weighted by molar-refractivity contribution is 14.0. The summed E-state index contributed by atoms with van der Waals surface area (Å²) in [7, 11) is 3.47. The van der Waals surface area contributed by atoms with Crippen LogP contribution in [0.1, 0.15) is 12.8 Å². The van der Waals surface area contributed by atoms with Crippen LogP contribution in [0.4, 0.5) is 0 Å². The average Bonchev–Trinajstić information content (AvgIpc) is 2.59. The van der Waals surface area contributed by atoms with Crippen molar-refractivity contribution in [3.8, 4) is 0 Å². The van der Waals surface area contributed by atoms with Crippen LogP contribution in [-0.4, -0.2) is 58.8 Å². The summed E-state index contributed by atoms with van der Waals surface area (Å²) in [6.45, 7) is 3.82. The normalized spacial score (nSPS) is 11.0. The molecule has 0 aromatic heterocycles. The minimum absolute atomic E-state index is 0. The lowest BCUT2D eigenvalue weighted by atomic mass is 10.4. The zero-order chi connectivity index (χ0) is 16.6. The highest BCUT2D eigenvalue weighted by Crippen LogP contribution is 2.17. The van der Waals surface area contributed by atoms with E-state index in [1.165, 1.54) is 4.90 Å². The van der Waals surface area contributed by atoms with E-state index in [2.05, 4.69) is 39.9 Å². The van der Waals surface area contributed by atoms with Gasteiger partial charge in [-0.3, -0.25) is 4.99 Å². The van der Waals surface area contributed by atoms with Gasteiger partial charge < -0.3 is 20.1 Å². The third-order valence-corrected chi connectivity index (χ3v) is 4.14. The zero-order valence-electron chi connectivity index (χ0n) is 14.6. The average molecular weight is 467 g/mol. The summed E-state index contributed by atoms with van der Waals surface area (Å²) >= 11 is 1.88. The van der Waals surface area contributed by atoms with Crippen molar-refractivity contribution >= 4 is 41.7 Å². The highest BCUT2D eigenvalue weighted by Gasteiger charge is 1.97. The van der Waals surface area contributed by atoms with Crippen molar-refractivity contribution < 1.29 is 9.47 Å². The van der Waals surface area contributed by atoms with Gasteiger partial charge in [-0.05, 0) is 30.7 Å². The number of methoxy groups -OCH3 is 1. The molecule has 138 valence electrons. The monoisotopic (exact) mass is 467 g/mol. The third-order valence-electron chi connectivity index (χ3n) is 3.04. The van der Waals surface area contributed by atoms with E-state index >= 15 is 0 Å². The van der Waals surface area contributed by atoms with E-state index in [4.69, 9.17) is 9.47 Å². The fraction of sp³-hybridized carbons (Fsp3) is 0.588.